The van der Waals surface area contributed by atoms with E-state index in [1.165, 1.54) is 32.1 Å². The Morgan fingerprint density at radius 3 is 2.05 bits per heavy atom. The molecule has 0 aromatic rings. The normalized spacial score (nSPS) is 24.6. The summed E-state index contributed by atoms with van der Waals surface area (Å²) in [6.45, 7) is 6.40. The number of carbonyl (C=O) groups is 1. The van der Waals surface area contributed by atoms with Crippen LogP contribution in [0.25, 0.3) is 0 Å². The number of ether oxygens (including phenoxy) is 1. The van der Waals surface area contributed by atoms with Crippen LogP contribution in [0.15, 0.2) is 0 Å². The molecule has 2 aliphatic carbocycles. The van der Waals surface area contributed by atoms with Crippen LogP contribution < -0.4 is 11.1 Å². The van der Waals surface area contributed by atoms with Gasteiger partial charge in [0.2, 0.25) is 0 Å². The van der Waals surface area contributed by atoms with Gasteiger partial charge >= 0.3 is 6.09 Å². The van der Waals surface area contributed by atoms with Crippen molar-refractivity contribution in [1.82, 2.24) is 5.32 Å². The van der Waals surface area contributed by atoms with E-state index in [-0.39, 0.29) is 17.0 Å². The number of nitrogens with two attached hydrogens (primary N) is 1. The maximum Gasteiger partial charge on any atom is 0.408 e. The third kappa shape index (κ3) is 3.53. The topological polar surface area (TPSA) is 64.3 Å². The zero-order chi connectivity index (χ0) is 15.6. The molecule has 4 nitrogen and oxygen atoms in total. The average molecular weight is 296 g/mol. The van der Waals surface area contributed by atoms with E-state index in [2.05, 4.69) is 5.32 Å². The minimum absolute atomic E-state index is 0.0681. The minimum atomic E-state index is -0.452. The highest BCUT2D eigenvalue weighted by molar-refractivity contribution is 5.69. The van der Waals surface area contributed by atoms with Crippen molar-refractivity contribution in [2.24, 2.45) is 11.1 Å². The second kappa shape index (κ2) is 6.15. The lowest BCUT2D eigenvalue weighted by Crippen LogP contribution is -2.62. The Morgan fingerprint density at radius 1 is 1.05 bits per heavy atom. The van der Waals surface area contributed by atoms with Crippen molar-refractivity contribution in [3.8, 4) is 0 Å². The Hall–Kier alpha value is -0.770. The van der Waals surface area contributed by atoms with Gasteiger partial charge in [-0.25, -0.2) is 4.79 Å². The molecule has 21 heavy (non-hydrogen) atoms. The Balaban J connectivity index is 2.17. The van der Waals surface area contributed by atoms with Crippen LogP contribution in [0.1, 0.15) is 78.6 Å². The highest BCUT2D eigenvalue weighted by atomic mass is 16.6. The first-order chi connectivity index (χ1) is 9.83. The van der Waals surface area contributed by atoms with Crippen molar-refractivity contribution in [3.63, 3.8) is 0 Å². The first-order valence-corrected chi connectivity index (χ1v) is 8.54. The Bertz CT molecular complexity index is 361. The lowest BCUT2D eigenvalue weighted by molar-refractivity contribution is 0.0141. The molecular weight excluding hydrogens is 264 g/mol. The van der Waals surface area contributed by atoms with Crippen LogP contribution in [0.4, 0.5) is 4.79 Å². The summed E-state index contributed by atoms with van der Waals surface area (Å²) in [7, 11) is 0. The van der Waals surface area contributed by atoms with Crippen molar-refractivity contribution < 1.29 is 9.53 Å². The van der Waals surface area contributed by atoms with Crippen LogP contribution in [0, 0.1) is 5.41 Å². The number of nitrogens with one attached hydrogen (secondary N) is 1. The van der Waals surface area contributed by atoms with E-state index in [4.69, 9.17) is 10.5 Å². The van der Waals surface area contributed by atoms with Gasteiger partial charge in [-0.2, -0.15) is 0 Å². The number of rotatable bonds is 3. The third-order valence-corrected chi connectivity index (χ3v) is 5.41. The molecule has 0 unspecified atom stereocenters. The predicted octanol–water partition coefficient (Wildman–Crippen LogP) is 3.73. The second-order valence-corrected chi connectivity index (χ2v) is 7.96. The van der Waals surface area contributed by atoms with E-state index in [0.717, 1.165) is 25.7 Å². The highest BCUT2D eigenvalue weighted by Gasteiger charge is 2.53. The van der Waals surface area contributed by atoms with Crippen molar-refractivity contribution in [3.05, 3.63) is 0 Å². The number of hydrogen-bond acceptors (Lipinski definition) is 3. The van der Waals surface area contributed by atoms with Crippen LogP contribution in [0.5, 0.6) is 0 Å². The molecule has 0 bridgehead atoms. The van der Waals surface area contributed by atoms with Crippen LogP contribution in [-0.2, 0) is 4.74 Å². The summed E-state index contributed by atoms with van der Waals surface area (Å²) >= 11 is 0. The minimum Gasteiger partial charge on any atom is -0.444 e. The van der Waals surface area contributed by atoms with Gasteiger partial charge in [-0.1, -0.05) is 32.1 Å². The number of hydrogen-bond donors (Lipinski definition) is 2. The number of carbonyl (C=O) groups excluding carboxylic acids is 1. The summed E-state index contributed by atoms with van der Waals surface area (Å²) in [5.41, 5.74) is 5.68. The van der Waals surface area contributed by atoms with E-state index >= 15 is 0 Å². The zero-order valence-electron chi connectivity index (χ0n) is 14.0. The molecule has 0 aromatic heterocycles. The third-order valence-electron chi connectivity index (χ3n) is 5.41. The summed E-state index contributed by atoms with van der Waals surface area (Å²) in [6.07, 6.45) is 10.2. The standard InChI is InChI=1S/C17H32N2O2/c1-15(2,3)21-14(20)19-17(11-7-8-12-17)16(13-18)9-5-4-6-10-16/h4-13,18H2,1-3H3,(H,19,20). The molecule has 3 N–H and O–H groups in total. The van der Waals surface area contributed by atoms with Crippen molar-refractivity contribution >= 4 is 6.09 Å². The molecule has 122 valence electrons. The fourth-order valence-corrected chi connectivity index (χ4v) is 4.37. The molecule has 4 heteroatoms. The van der Waals surface area contributed by atoms with Crippen LogP contribution in [-0.4, -0.2) is 23.8 Å². The molecule has 2 fully saturated rings. The van der Waals surface area contributed by atoms with Gasteiger partial charge in [0.15, 0.2) is 0 Å². The molecule has 0 aliphatic heterocycles. The molecule has 2 rings (SSSR count). The van der Waals surface area contributed by atoms with Gasteiger partial charge in [0.1, 0.15) is 5.60 Å². The Labute approximate surface area is 129 Å². The predicted molar refractivity (Wildman–Crippen MR) is 85.1 cm³/mol. The first kappa shape index (κ1) is 16.6. The largest absolute Gasteiger partial charge is 0.444 e. The monoisotopic (exact) mass is 296 g/mol. The smallest absolute Gasteiger partial charge is 0.408 e. The van der Waals surface area contributed by atoms with Crippen molar-refractivity contribution in [1.29, 1.82) is 0 Å². The summed E-state index contributed by atoms with van der Waals surface area (Å²) in [5, 5.41) is 3.27. The molecule has 2 saturated carbocycles. The molecule has 0 aromatic carbocycles. The first-order valence-electron chi connectivity index (χ1n) is 8.54. The van der Waals surface area contributed by atoms with Gasteiger partial charge < -0.3 is 15.8 Å². The molecular formula is C17H32N2O2. The van der Waals surface area contributed by atoms with E-state index in [1.54, 1.807) is 0 Å². The highest BCUT2D eigenvalue weighted by Crippen LogP contribution is 2.51. The average Bonchev–Trinajstić information content (AvgIpc) is 2.87. The van der Waals surface area contributed by atoms with Gasteiger partial charge in [-0.15, -0.1) is 0 Å². The molecule has 0 heterocycles. The van der Waals surface area contributed by atoms with Crippen LogP contribution in [0.2, 0.25) is 0 Å². The van der Waals surface area contributed by atoms with E-state index in [9.17, 15) is 4.79 Å². The summed E-state index contributed by atoms with van der Waals surface area (Å²) < 4.78 is 5.51. The van der Waals surface area contributed by atoms with Crippen LogP contribution in [0.3, 0.4) is 0 Å². The van der Waals surface area contributed by atoms with Gasteiger partial charge in [-0.3, -0.25) is 0 Å². The Kier molecular flexibility index (Phi) is 4.86. The zero-order valence-corrected chi connectivity index (χ0v) is 14.0. The maximum atomic E-state index is 12.3. The molecule has 0 radical (unpaired) electrons. The fourth-order valence-electron chi connectivity index (χ4n) is 4.37. The van der Waals surface area contributed by atoms with E-state index in [0.29, 0.717) is 6.54 Å². The van der Waals surface area contributed by atoms with Gasteiger partial charge in [0, 0.05) is 12.0 Å². The lowest BCUT2D eigenvalue weighted by Gasteiger charge is -2.51. The van der Waals surface area contributed by atoms with E-state index < -0.39 is 5.60 Å². The molecule has 0 saturated heterocycles. The SMILES string of the molecule is CC(C)(C)OC(=O)NC1(C2(CN)CCCCC2)CCCC1. The van der Waals surface area contributed by atoms with Gasteiger partial charge in [0.25, 0.3) is 0 Å². The molecule has 1 amide bonds. The number of amides is 1. The summed E-state index contributed by atoms with van der Waals surface area (Å²) in [6, 6.07) is 0. The Morgan fingerprint density at radius 2 is 1.57 bits per heavy atom. The van der Waals surface area contributed by atoms with Gasteiger partial charge in [-0.05, 0) is 46.5 Å². The maximum absolute atomic E-state index is 12.3. The second-order valence-electron chi connectivity index (χ2n) is 7.96. The number of alkyl carbamates (subject to hydrolysis) is 1. The quantitative estimate of drug-likeness (QED) is 0.834. The summed E-state index contributed by atoms with van der Waals surface area (Å²) in [5.74, 6) is 0. The molecule has 0 atom stereocenters. The summed E-state index contributed by atoms with van der Waals surface area (Å²) in [4.78, 5) is 12.3. The van der Waals surface area contributed by atoms with Crippen LogP contribution >= 0.6 is 0 Å². The van der Waals surface area contributed by atoms with Gasteiger partial charge in [0.05, 0.1) is 5.54 Å². The molecule has 0 spiro atoms. The van der Waals surface area contributed by atoms with Crippen molar-refractivity contribution in [2.75, 3.05) is 6.54 Å². The molecule has 2 aliphatic rings. The van der Waals surface area contributed by atoms with Crippen molar-refractivity contribution in [2.45, 2.75) is 89.7 Å². The lowest BCUT2D eigenvalue weighted by atomic mass is 9.60. The fraction of sp³-hybridized carbons (Fsp3) is 0.941. The van der Waals surface area contributed by atoms with E-state index in [1.807, 2.05) is 20.8 Å².